The molecule has 0 spiro atoms. The zero-order valence-corrected chi connectivity index (χ0v) is 26.3. The third kappa shape index (κ3) is 8.29. The van der Waals surface area contributed by atoms with E-state index in [1.54, 1.807) is 37.5 Å². The first-order chi connectivity index (χ1) is 21.0. The number of anilines is 2. The van der Waals surface area contributed by atoms with Gasteiger partial charge in [-0.1, -0.05) is 50.0 Å². The number of hydrogen-bond acceptors (Lipinski definition) is 5. The van der Waals surface area contributed by atoms with Crippen molar-refractivity contribution in [2.45, 2.75) is 72.1 Å². The van der Waals surface area contributed by atoms with Gasteiger partial charge in [-0.3, -0.25) is 9.59 Å². The molecule has 0 atom stereocenters. The van der Waals surface area contributed by atoms with Crippen LogP contribution in [-0.2, 0) is 17.9 Å². The van der Waals surface area contributed by atoms with E-state index in [9.17, 15) is 31.5 Å². The van der Waals surface area contributed by atoms with E-state index in [-0.39, 0.29) is 76.3 Å². The van der Waals surface area contributed by atoms with Crippen LogP contribution in [0.4, 0.5) is 33.6 Å². The highest BCUT2D eigenvalue weighted by molar-refractivity contribution is 6.39. The van der Waals surface area contributed by atoms with Crippen molar-refractivity contribution in [1.82, 2.24) is 14.9 Å². The minimum absolute atomic E-state index is 0.0296. The first-order valence-electron chi connectivity index (χ1n) is 14.3. The third-order valence-corrected chi connectivity index (χ3v) is 8.51. The number of hydrogen-bond donors (Lipinski definition) is 3. The largest absolute Gasteiger partial charge is 0.487 e. The summed E-state index contributed by atoms with van der Waals surface area (Å²) in [5.41, 5.74) is 6.11. The summed E-state index contributed by atoms with van der Waals surface area (Å²) < 4.78 is 72.8. The molecule has 0 bridgehead atoms. The summed E-state index contributed by atoms with van der Waals surface area (Å²) in [6.07, 6.45) is -6.57. The van der Waals surface area contributed by atoms with E-state index in [2.05, 4.69) is 15.6 Å². The molecule has 15 heteroatoms. The van der Waals surface area contributed by atoms with Gasteiger partial charge >= 0.3 is 6.18 Å². The van der Waals surface area contributed by atoms with Crippen molar-refractivity contribution in [2.75, 3.05) is 11.9 Å². The molecule has 0 aliphatic heterocycles. The maximum atomic E-state index is 13.3. The van der Waals surface area contributed by atoms with Gasteiger partial charge in [-0.15, -0.1) is 0 Å². The SMILES string of the molecule is CC(C)(C)C(=O)NCc1ccc(Cl)c(Nc2nc3cc(C(N)=O)c(OCC(F)F)cc3n2C[C@H]2CC[C@H](C(F)(F)F)CC2)c1Cl. The topological polar surface area (TPSA) is 111 Å². The number of fused-ring (bicyclic) bond motifs is 1. The van der Waals surface area contributed by atoms with Crippen molar-refractivity contribution in [3.05, 3.63) is 45.4 Å². The highest BCUT2D eigenvalue weighted by Crippen LogP contribution is 2.42. The fourth-order valence-corrected chi connectivity index (χ4v) is 5.76. The van der Waals surface area contributed by atoms with Gasteiger partial charge in [0.15, 0.2) is 0 Å². The van der Waals surface area contributed by atoms with Gasteiger partial charge < -0.3 is 25.7 Å². The Morgan fingerprint density at radius 2 is 1.78 bits per heavy atom. The lowest BCUT2D eigenvalue weighted by atomic mass is 9.81. The van der Waals surface area contributed by atoms with Crippen molar-refractivity contribution in [3.63, 3.8) is 0 Å². The van der Waals surface area contributed by atoms with Crippen LogP contribution in [0.2, 0.25) is 10.0 Å². The molecular formula is C30H34Cl2F5N5O3. The number of nitrogens with zero attached hydrogens (tertiary/aromatic N) is 2. The number of aromatic nitrogens is 2. The molecule has 4 rings (SSSR count). The number of halogens is 7. The fraction of sp³-hybridized carbons (Fsp3) is 0.500. The minimum atomic E-state index is -4.27. The van der Waals surface area contributed by atoms with Gasteiger partial charge in [0.1, 0.15) is 12.4 Å². The Balaban J connectivity index is 1.75. The van der Waals surface area contributed by atoms with Crippen LogP contribution < -0.4 is 21.1 Å². The Morgan fingerprint density at radius 1 is 1.11 bits per heavy atom. The van der Waals surface area contributed by atoms with Crippen molar-refractivity contribution in [1.29, 1.82) is 0 Å². The average Bonchev–Trinajstić information content (AvgIpc) is 3.27. The predicted octanol–water partition coefficient (Wildman–Crippen LogP) is 7.86. The molecule has 0 radical (unpaired) electrons. The Kier molecular flexibility index (Phi) is 10.4. The van der Waals surface area contributed by atoms with Crippen LogP contribution in [-0.4, -0.2) is 40.6 Å². The number of nitrogens with one attached hydrogen (secondary N) is 2. The Morgan fingerprint density at radius 3 is 2.36 bits per heavy atom. The van der Waals surface area contributed by atoms with E-state index in [4.69, 9.17) is 33.7 Å². The van der Waals surface area contributed by atoms with Crippen LogP contribution in [0.15, 0.2) is 24.3 Å². The van der Waals surface area contributed by atoms with Gasteiger partial charge in [0.25, 0.3) is 12.3 Å². The molecule has 1 heterocycles. The molecule has 1 fully saturated rings. The Labute approximate surface area is 266 Å². The lowest BCUT2D eigenvalue weighted by Crippen LogP contribution is -2.34. The summed E-state index contributed by atoms with van der Waals surface area (Å²) in [5, 5.41) is 6.36. The number of amides is 2. The molecule has 1 aliphatic carbocycles. The maximum Gasteiger partial charge on any atom is 0.391 e. The van der Waals surface area contributed by atoms with Gasteiger partial charge in [-0.25, -0.2) is 13.8 Å². The second kappa shape index (κ2) is 13.6. The first-order valence-corrected chi connectivity index (χ1v) is 15.0. The molecular weight excluding hydrogens is 644 g/mol. The molecule has 0 saturated heterocycles. The van der Waals surface area contributed by atoms with Crippen molar-refractivity contribution in [2.24, 2.45) is 23.0 Å². The molecule has 2 aromatic carbocycles. The third-order valence-electron chi connectivity index (χ3n) is 7.76. The van der Waals surface area contributed by atoms with Crippen LogP contribution in [0.5, 0.6) is 5.75 Å². The highest BCUT2D eigenvalue weighted by Gasteiger charge is 2.41. The summed E-state index contributed by atoms with van der Waals surface area (Å²) in [6, 6.07) is 5.91. The second-order valence-electron chi connectivity index (χ2n) is 12.2. The van der Waals surface area contributed by atoms with Gasteiger partial charge in [-0.2, -0.15) is 13.2 Å². The van der Waals surface area contributed by atoms with E-state index in [1.807, 2.05) is 0 Å². The number of carbonyl (C=O) groups excluding carboxylic acids is 2. The number of alkyl halides is 5. The molecule has 3 aromatic rings. The zero-order valence-electron chi connectivity index (χ0n) is 24.8. The summed E-state index contributed by atoms with van der Waals surface area (Å²) >= 11 is 13.3. The number of rotatable bonds is 10. The van der Waals surface area contributed by atoms with Crippen LogP contribution in [0.3, 0.4) is 0 Å². The summed E-state index contributed by atoms with van der Waals surface area (Å²) in [4.78, 5) is 29.2. The molecule has 246 valence electrons. The van der Waals surface area contributed by atoms with Crippen LogP contribution in [0, 0.1) is 17.3 Å². The number of benzene rings is 2. The molecule has 1 saturated carbocycles. The van der Waals surface area contributed by atoms with E-state index >= 15 is 0 Å². The quantitative estimate of drug-likeness (QED) is 0.189. The monoisotopic (exact) mass is 677 g/mol. The second-order valence-corrected chi connectivity index (χ2v) is 12.9. The Bertz CT molecular complexity index is 1560. The van der Waals surface area contributed by atoms with E-state index < -0.39 is 36.4 Å². The Hall–Kier alpha value is -3.32. The van der Waals surface area contributed by atoms with E-state index in [0.717, 1.165) is 0 Å². The first kappa shape index (κ1) is 34.6. The van der Waals surface area contributed by atoms with Crippen LogP contribution in [0.1, 0.15) is 62.4 Å². The van der Waals surface area contributed by atoms with Gasteiger partial charge in [0, 0.05) is 24.6 Å². The summed E-state index contributed by atoms with van der Waals surface area (Å²) in [7, 11) is 0. The van der Waals surface area contributed by atoms with Crippen molar-refractivity contribution >= 4 is 57.7 Å². The lowest BCUT2D eigenvalue weighted by Gasteiger charge is -2.30. The number of primary amides is 1. The molecule has 8 nitrogen and oxygen atoms in total. The zero-order chi connectivity index (χ0) is 33.3. The molecule has 0 unspecified atom stereocenters. The van der Waals surface area contributed by atoms with E-state index in [0.29, 0.717) is 23.9 Å². The number of nitrogens with two attached hydrogens (primary N) is 1. The lowest BCUT2D eigenvalue weighted by molar-refractivity contribution is -0.184. The van der Waals surface area contributed by atoms with Crippen LogP contribution in [0.25, 0.3) is 11.0 Å². The smallest absolute Gasteiger partial charge is 0.391 e. The standard InChI is InChI=1S/C30H34Cl2F5N5O3/c1-29(2,3)27(44)39-12-16-6-9-19(31)25(24(16)32)41-28-40-20-10-18(26(38)43)22(45-14-23(33)34)11-21(20)42(28)13-15-4-7-17(8-5-15)30(35,36)37/h6,9-11,15,17,23H,4-5,7-8,12-14H2,1-3H3,(H2,38,43)(H,39,44)(H,40,41)/t15-,17-. The molecule has 2 amide bonds. The average molecular weight is 679 g/mol. The number of carbonyl (C=O) groups is 2. The maximum absolute atomic E-state index is 13.3. The summed E-state index contributed by atoms with van der Waals surface area (Å²) in [5.74, 6) is -2.67. The number of imidazole rings is 1. The van der Waals surface area contributed by atoms with Crippen molar-refractivity contribution < 1.29 is 36.3 Å². The molecule has 4 N–H and O–H groups in total. The van der Waals surface area contributed by atoms with Crippen molar-refractivity contribution in [3.8, 4) is 5.75 Å². The van der Waals surface area contributed by atoms with Gasteiger partial charge in [0.05, 0.1) is 38.2 Å². The van der Waals surface area contributed by atoms with E-state index in [1.165, 1.54) is 12.1 Å². The normalized spacial score (nSPS) is 17.5. The van der Waals surface area contributed by atoms with Gasteiger partial charge in [0.2, 0.25) is 11.9 Å². The fourth-order valence-electron chi connectivity index (χ4n) is 5.23. The predicted molar refractivity (Wildman–Crippen MR) is 162 cm³/mol. The van der Waals surface area contributed by atoms with Crippen LogP contribution >= 0.6 is 23.2 Å². The minimum Gasteiger partial charge on any atom is -0.487 e. The summed E-state index contributed by atoms with van der Waals surface area (Å²) in [6.45, 7) is 4.64. The van der Waals surface area contributed by atoms with Gasteiger partial charge in [-0.05, 0) is 49.3 Å². The molecule has 1 aromatic heterocycles. The number of ether oxygens (including phenoxy) is 1. The molecule has 45 heavy (non-hydrogen) atoms. The molecule has 1 aliphatic rings. The highest BCUT2D eigenvalue weighted by atomic mass is 35.5.